The predicted molar refractivity (Wildman–Crippen MR) is 77.5 cm³/mol. The summed E-state index contributed by atoms with van der Waals surface area (Å²) in [4.78, 5) is 0. The number of fused-ring (bicyclic) bond motifs is 1. The minimum absolute atomic E-state index is 0.0262. The summed E-state index contributed by atoms with van der Waals surface area (Å²) in [6, 6.07) is 0. The van der Waals surface area contributed by atoms with E-state index in [1.54, 1.807) is 0 Å². The molecule has 4 aliphatic carbocycles. The van der Waals surface area contributed by atoms with E-state index in [4.69, 9.17) is 0 Å². The lowest BCUT2D eigenvalue weighted by Crippen LogP contribution is -2.58. The van der Waals surface area contributed by atoms with Crippen molar-refractivity contribution in [2.24, 2.45) is 52.3 Å². The normalized spacial score (nSPS) is 66.2. The van der Waals surface area contributed by atoms with Crippen molar-refractivity contribution in [1.29, 1.82) is 0 Å². The number of rotatable bonds is 2. The molecule has 0 aromatic carbocycles. The third-order valence-electron chi connectivity index (χ3n) is 8.17. The van der Waals surface area contributed by atoms with Crippen LogP contribution < -0.4 is 0 Å². The highest BCUT2D eigenvalue weighted by Crippen LogP contribution is 2.82. The average molecular weight is 262 g/mol. The molecule has 0 aromatic rings. The van der Waals surface area contributed by atoms with E-state index in [2.05, 4.69) is 34.6 Å². The molecule has 4 rings (SSSR count). The number of hydrogen-bond donors (Lipinski definition) is 1. The van der Waals surface area contributed by atoms with E-state index in [-0.39, 0.29) is 6.10 Å². The van der Waals surface area contributed by atoms with Gasteiger partial charge in [-0.25, -0.2) is 0 Å². The highest BCUT2D eigenvalue weighted by molar-refractivity contribution is 5.26. The molecule has 0 radical (unpaired) electrons. The SMILES string of the molecule is CC(C)C1C(C)C1C1(C)C2CC(O)C3(CC(C)C31)C2. The van der Waals surface area contributed by atoms with E-state index in [1.807, 2.05) is 0 Å². The second kappa shape index (κ2) is 3.40. The van der Waals surface area contributed by atoms with Crippen LogP contribution in [0.3, 0.4) is 0 Å². The molecule has 108 valence electrons. The summed E-state index contributed by atoms with van der Waals surface area (Å²) in [5.41, 5.74) is 0.897. The van der Waals surface area contributed by atoms with Gasteiger partial charge in [0.2, 0.25) is 0 Å². The van der Waals surface area contributed by atoms with Crippen molar-refractivity contribution in [1.82, 2.24) is 0 Å². The second-order valence-corrected chi connectivity index (χ2v) is 9.12. The zero-order valence-electron chi connectivity index (χ0n) is 13.2. The highest BCUT2D eigenvalue weighted by Gasteiger charge is 2.78. The molecule has 0 amide bonds. The van der Waals surface area contributed by atoms with Crippen LogP contribution in [0.4, 0.5) is 0 Å². The molecule has 1 N–H and O–H groups in total. The Hall–Kier alpha value is -0.0400. The van der Waals surface area contributed by atoms with Crippen molar-refractivity contribution in [3.05, 3.63) is 0 Å². The standard InChI is InChI=1S/C18H30O/c1-9(2)14-11(4)15(14)17(5)12-6-13(19)18(8-12)7-10(3)16(17)18/h9-16,19H,6-8H2,1-5H3. The Morgan fingerprint density at radius 2 is 1.84 bits per heavy atom. The first-order chi connectivity index (χ1) is 8.84. The first kappa shape index (κ1) is 12.7. The lowest BCUT2D eigenvalue weighted by molar-refractivity contribution is -0.164. The molecule has 19 heavy (non-hydrogen) atoms. The van der Waals surface area contributed by atoms with Crippen LogP contribution in [0, 0.1) is 52.3 Å². The average Bonchev–Trinajstić information content (AvgIpc) is 2.79. The zero-order chi connectivity index (χ0) is 13.7. The quantitative estimate of drug-likeness (QED) is 0.798. The molecule has 0 aromatic heterocycles. The first-order valence-corrected chi connectivity index (χ1v) is 8.52. The van der Waals surface area contributed by atoms with Crippen LogP contribution in [-0.2, 0) is 0 Å². The topological polar surface area (TPSA) is 20.2 Å². The number of aliphatic hydroxyl groups excluding tert-OH is 1. The van der Waals surface area contributed by atoms with Crippen LogP contribution in [0.15, 0.2) is 0 Å². The Bertz CT molecular complexity index is 416. The predicted octanol–water partition coefficient (Wildman–Crippen LogP) is 3.96. The minimum atomic E-state index is 0.0262. The third-order valence-corrected chi connectivity index (χ3v) is 8.17. The lowest BCUT2D eigenvalue weighted by Gasteiger charge is -2.60. The fraction of sp³-hybridized carbons (Fsp3) is 1.00. The van der Waals surface area contributed by atoms with Gasteiger partial charge in [-0.15, -0.1) is 0 Å². The van der Waals surface area contributed by atoms with Crippen molar-refractivity contribution >= 4 is 0 Å². The Labute approximate surface area is 118 Å². The zero-order valence-corrected chi connectivity index (χ0v) is 13.2. The molecule has 1 nitrogen and oxygen atoms in total. The summed E-state index contributed by atoms with van der Waals surface area (Å²) in [5.74, 6) is 6.15. The third kappa shape index (κ3) is 1.19. The molecule has 2 bridgehead atoms. The largest absolute Gasteiger partial charge is 0.393 e. The van der Waals surface area contributed by atoms with Crippen molar-refractivity contribution in [2.75, 3.05) is 0 Å². The van der Waals surface area contributed by atoms with Crippen LogP contribution in [0.2, 0.25) is 0 Å². The van der Waals surface area contributed by atoms with Gasteiger partial charge in [-0.3, -0.25) is 0 Å². The molecular weight excluding hydrogens is 232 g/mol. The van der Waals surface area contributed by atoms with Gasteiger partial charge < -0.3 is 5.11 Å². The summed E-state index contributed by atoms with van der Waals surface area (Å²) in [6.45, 7) is 12.4. The van der Waals surface area contributed by atoms with Crippen LogP contribution in [-0.4, -0.2) is 11.2 Å². The molecule has 1 spiro atoms. The first-order valence-electron chi connectivity index (χ1n) is 8.52. The highest BCUT2D eigenvalue weighted by atomic mass is 16.3. The number of aliphatic hydroxyl groups is 1. The molecule has 9 unspecified atom stereocenters. The maximum absolute atomic E-state index is 10.5. The number of hydrogen-bond acceptors (Lipinski definition) is 1. The van der Waals surface area contributed by atoms with Crippen LogP contribution in [0.5, 0.6) is 0 Å². The summed E-state index contributed by atoms with van der Waals surface area (Å²) < 4.78 is 0. The Morgan fingerprint density at radius 1 is 1.16 bits per heavy atom. The van der Waals surface area contributed by atoms with E-state index in [0.29, 0.717) is 10.8 Å². The fourth-order valence-corrected chi connectivity index (χ4v) is 7.92. The summed E-state index contributed by atoms with van der Waals surface area (Å²) >= 11 is 0. The van der Waals surface area contributed by atoms with Crippen molar-refractivity contribution < 1.29 is 5.11 Å². The lowest BCUT2D eigenvalue weighted by atomic mass is 9.45. The Morgan fingerprint density at radius 3 is 2.37 bits per heavy atom. The summed E-state index contributed by atoms with van der Waals surface area (Å²) in [5, 5.41) is 10.5. The fourth-order valence-electron chi connectivity index (χ4n) is 7.92. The second-order valence-electron chi connectivity index (χ2n) is 9.12. The molecule has 4 fully saturated rings. The van der Waals surface area contributed by atoms with E-state index >= 15 is 0 Å². The van der Waals surface area contributed by atoms with Gasteiger partial charge in [-0.05, 0) is 66.1 Å². The van der Waals surface area contributed by atoms with Gasteiger partial charge in [0.25, 0.3) is 0 Å². The molecule has 1 heteroatoms. The van der Waals surface area contributed by atoms with E-state index in [0.717, 1.165) is 47.8 Å². The van der Waals surface area contributed by atoms with Gasteiger partial charge in [-0.1, -0.05) is 34.6 Å². The van der Waals surface area contributed by atoms with Gasteiger partial charge in [0.1, 0.15) is 0 Å². The van der Waals surface area contributed by atoms with Gasteiger partial charge in [0.05, 0.1) is 6.10 Å². The van der Waals surface area contributed by atoms with Gasteiger partial charge >= 0.3 is 0 Å². The monoisotopic (exact) mass is 262 g/mol. The van der Waals surface area contributed by atoms with Crippen LogP contribution >= 0.6 is 0 Å². The van der Waals surface area contributed by atoms with Gasteiger partial charge in [-0.2, -0.15) is 0 Å². The van der Waals surface area contributed by atoms with Crippen molar-refractivity contribution in [2.45, 2.75) is 60.0 Å². The van der Waals surface area contributed by atoms with Gasteiger partial charge in [0, 0.05) is 5.41 Å². The maximum Gasteiger partial charge on any atom is 0.0602 e. The Kier molecular flexibility index (Phi) is 2.27. The molecule has 4 aliphatic rings. The molecule has 9 atom stereocenters. The van der Waals surface area contributed by atoms with E-state index in [9.17, 15) is 5.11 Å². The molecule has 4 saturated carbocycles. The van der Waals surface area contributed by atoms with E-state index in [1.165, 1.54) is 12.8 Å². The van der Waals surface area contributed by atoms with Crippen LogP contribution in [0.25, 0.3) is 0 Å². The van der Waals surface area contributed by atoms with Crippen molar-refractivity contribution in [3.8, 4) is 0 Å². The minimum Gasteiger partial charge on any atom is -0.393 e. The van der Waals surface area contributed by atoms with E-state index < -0.39 is 0 Å². The molecule has 0 heterocycles. The van der Waals surface area contributed by atoms with Crippen LogP contribution in [0.1, 0.15) is 53.9 Å². The maximum atomic E-state index is 10.5. The van der Waals surface area contributed by atoms with Crippen molar-refractivity contribution in [3.63, 3.8) is 0 Å². The Balaban J connectivity index is 1.69. The van der Waals surface area contributed by atoms with Gasteiger partial charge in [0.15, 0.2) is 0 Å². The molecule has 0 saturated heterocycles. The summed E-state index contributed by atoms with van der Waals surface area (Å²) in [7, 11) is 0. The smallest absolute Gasteiger partial charge is 0.0602 e. The summed E-state index contributed by atoms with van der Waals surface area (Å²) in [6.07, 6.45) is 3.78. The molecule has 0 aliphatic heterocycles. The molecular formula is C18H30O.